The molecule has 1 aromatic carbocycles. The van der Waals surface area contributed by atoms with Gasteiger partial charge in [-0.25, -0.2) is 4.98 Å². The molecule has 0 atom stereocenters. The van der Waals surface area contributed by atoms with Gasteiger partial charge in [-0.1, -0.05) is 24.3 Å². The summed E-state index contributed by atoms with van der Waals surface area (Å²) in [5.41, 5.74) is 7.72. The molecule has 2 rings (SSSR count). The fraction of sp³-hybridized carbons (Fsp3) is 0.375. The van der Waals surface area contributed by atoms with Gasteiger partial charge in [0, 0.05) is 32.0 Å². The average Bonchev–Trinajstić information content (AvgIpc) is 3.01. The first-order chi connectivity index (χ1) is 10.3. The molecule has 0 unspecified atom stereocenters. The highest BCUT2D eigenvalue weighted by atomic mass is 16.1. The molecule has 1 heterocycles. The van der Waals surface area contributed by atoms with Crippen LogP contribution in [0.3, 0.4) is 0 Å². The second kappa shape index (κ2) is 8.21. The van der Waals surface area contributed by atoms with Crippen molar-refractivity contribution in [2.24, 2.45) is 5.73 Å². The molecule has 2 aromatic rings. The highest BCUT2D eigenvalue weighted by Crippen LogP contribution is 2.08. The summed E-state index contributed by atoms with van der Waals surface area (Å²) in [7, 11) is 0. The van der Waals surface area contributed by atoms with E-state index in [4.69, 9.17) is 5.73 Å². The zero-order valence-electron chi connectivity index (χ0n) is 12.2. The number of carbonyl (C=O) groups is 1. The van der Waals surface area contributed by atoms with Gasteiger partial charge in [0.25, 0.3) is 0 Å². The number of hydrogen-bond donors (Lipinski definition) is 2. The Balaban J connectivity index is 1.65. The molecule has 112 valence electrons. The Kier molecular flexibility index (Phi) is 5.97. The molecule has 21 heavy (non-hydrogen) atoms. The molecule has 0 fully saturated rings. The van der Waals surface area contributed by atoms with Crippen molar-refractivity contribution in [3.8, 4) is 0 Å². The van der Waals surface area contributed by atoms with Crippen molar-refractivity contribution in [1.82, 2.24) is 14.9 Å². The smallest absolute Gasteiger partial charge is 0.224 e. The normalized spacial score (nSPS) is 10.5. The van der Waals surface area contributed by atoms with Gasteiger partial charge in [-0.3, -0.25) is 4.79 Å². The third-order valence-electron chi connectivity index (χ3n) is 3.41. The molecule has 0 bridgehead atoms. The Morgan fingerprint density at radius 2 is 2.05 bits per heavy atom. The van der Waals surface area contributed by atoms with Crippen LogP contribution in [0.2, 0.25) is 0 Å². The molecule has 0 saturated carbocycles. The number of hydrogen-bond acceptors (Lipinski definition) is 3. The van der Waals surface area contributed by atoms with Crippen molar-refractivity contribution in [2.75, 3.05) is 6.54 Å². The monoisotopic (exact) mass is 286 g/mol. The van der Waals surface area contributed by atoms with Crippen molar-refractivity contribution in [2.45, 2.75) is 32.4 Å². The Morgan fingerprint density at radius 3 is 2.76 bits per heavy atom. The lowest BCUT2D eigenvalue weighted by Gasteiger charge is -2.08. The molecule has 5 nitrogen and oxygen atoms in total. The summed E-state index contributed by atoms with van der Waals surface area (Å²) in [4.78, 5) is 15.9. The third-order valence-corrected chi connectivity index (χ3v) is 3.41. The van der Waals surface area contributed by atoms with Gasteiger partial charge < -0.3 is 15.6 Å². The summed E-state index contributed by atoms with van der Waals surface area (Å²) in [5.74, 6) is 0.0542. The lowest BCUT2D eigenvalue weighted by atomic mass is 10.0. The predicted octanol–water partition coefficient (Wildman–Crippen LogP) is 1.48. The van der Waals surface area contributed by atoms with Crippen molar-refractivity contribution in [1.29, 1.82) is 0 Å². The topological polar surface area (TPSA) is 72.9 Å². The molecular formula is C16H22N4O. The Labute approximate surface area is 125 Å². The van der Waals surface area contributed by atoms with E-state index in [0.29, 0.717) is 19.5 Å². The first-order valence-electron chi connectivity index (χ1n) is 7.29. The molecule has 0 saturated heterocycles. The van der Waals surface area contributed by atoms with Crippen LogP contribution >= 0.6 is 0 Å². The van der Waals surface area contributed by atoms with Gasteiger partial charge in [-0.05, 0) is 24.0 Å². The summed E-state index contributed by atoms with van der Waals surface area (Å²) >= 11 is 0. The zero-order chi connectivity index (χ0) is 14.9. The molecule has 5 heteroatoms. The molecule has 0 spiro atoms. The van der Waals surface area contributed by atoms with Crippen LogP contribution in [0.1, 0.15) is 24.0 Å². The van der Waals surface area contributed by atoms with Crippen LogP contribution in [-0.2, 0) is 24.3 Å². The van der Waals surface area contributed by atoms with Crippen LogP contribution in [-0.4, -0.2) is 22.0 Å². The van der Waals surface area contributed by atoms with Gasteiger partial charge in [0.15, 0.2) is 0 Å². The number of amides is 1. The number of unbranched alkanes of at least 4 members (excludes halogenated alkanes) is 1. The molecule has 1 amide bonds. The average molecular weight is 286 g/mol. The SMILES string of the molecule is NCc1ccccc1CC(=O)NCCCCn1ccnc1. The van der Waals surface area contributed by atoms with E-state index in [2.05, 4.69) is 10.3 Å². The number of rotatable bonds is 8. The fourth-order valence-corrected chi connectivity index (χ4v) is 2.23. The van der Waals surface area contributed by atoms with Crippen LogP contribution < -0.4 is 11.1 Å². The van der Waals surface area contributed by atoms with Gasteiger partial charge >= 0.3 is 0 Å². The van der Waals surface area contributed by atoms with Crippen molar-refractivity contribution in [3.05, 3.63) is 54.1 Å². The molecule has 0 radical (unpaired) electrons. The first kappa shape index (κ1) is 15.3. The predicted molar refractivity (Wildman–Crippen MR) is 82.5 cm³/mol. The quantitative estimate of drug-likeness (QED) is 0.722. The van der Waals surface area contributed by atoms with E-state index in [1.165, 1.54) is 0 Å². The van der Waals surface area contributed by atoms with Crippen LogP contribution in [0.15, 0.2) is 43.0 Å². The minimum Gasteiger partial charge on any atom is -0.356 e. The Hall–Kier alpha value is -2.14. The van der Waals surface area contributed by atoms with E-state index in [1.54, 1.807) is 6.20 Å². The van der Waals surface area contributed by atoms with E-state index in [9.17, 15) is 4.79 Å². The summed E-state index contributed by atoms with van der Waals surface area (Å²) in [6.07, 6.45) is 7.91. The summed E-state index contributed by atoms with van der Waals surface area (Å²) in [6.45, 7) is 2.11. The maximum atomic E-state index is 11.9. The number of imidazole rings is 1. The maximum Gasteiger partial charge on any atom is 0.224 e. The van der Waals surface area contributed by atoms with E-state index < -0.39 is 0 Å². The maximum absolute atomic E-state index is 11.9. The molecule has 1 aromatic heterocycles. The summed E-state index contributed by atoms with van der Waals surface area (Å²) in [6, 6.07) is 7.81. The van der Waals surface area contributed by atoms with E-state index in [-0.39, 0.29) is 5.91 Å². The summed E-state index contributed by atoms with van der Waals surface area (Å²) in [5, 5.41) is 2.96. The third kappa shape index (κ3) is 5.04. The van der Waals surface area contributed by atoms with E-state index in [1.807, 2.05) is 41.4 Å². The van der Waals surface area contributed by atoms with Gasteiger partial charge in [0.2, 0.25) is 5.91 Å². The minimum atomic E-state index is 0.0542. The number of nitrogens with zero attached hydrogens (tertiary/aromatic N) is 2. The standard InChI is InChI=1S/C16H22N4O/c17-12-15-6-2-1-5-14(15)11-16(21)19-7-3-4-9-20-10-8-18-13-20/h1-2,5-6,8,10,13H,3-4,7,9,11-12,17H2,(H,19,21). The van der Waals surface area contributed by atoms with Gasteiger partial charge in [-0.2, -0.15) is 0 Å². The van der Waals surface area contributed by atoms with Gasteiger partial charge in [0.1, 0.15) is 0 Å². The van der Waals surface area contributed by atoms with E-state index in [0.717, 1.165) is 30.5 Å². The highest BCUT2D eigenvalue weighted by Gasteiger charge is 2.06. The van der Waals surface area contributed by atoms with Crippen LogP contribution in [0.5, 0.6) is 0 Å². The first-order valence-corrected chi connectivity index (χ1v) is 7.29. The molecule has 0 aliphatic rings. The highest BCUT2D eigenvalue weighted by molar-refractivity contribution is 5.78. The lowest BCUT2D eigenvalue weighted by Crippen LogP contribution is -2.26. The molecule has 3 N–H and O–H groups in total. The second-order valence-electron chi connectivity index (χ2n) is 5.01. The lowest BCUT2D eigenvalue weighted by molar-refractivity contribution is -0.120. The minimum absolute atomic E-state index is 0.0542. The fourth-order valence-electron chi connectivity index (χ4n) is 2.23. The number of aromatic nitrogens is 2. The number of benzene rings is 1. The number of nitrogens with one attached hydrogen (secondary N) is 1. The van der Waals surface area contributed by atoms with Crippen molar-refractivity contribution < 1.29 is 4.79 Å². The van der Waals surface area contributed by atoms with Crippen molar-refractivity contribution >= 4 is 5.91 Å². The largest absolute Gasteiger partial charge is 0.356 e. The Bertz CT molecular complexity index is 551. The number of nitrogens with two attached hydrogens (primary N) is 1. The Morgan fingerprint density at radius 1 is 1.24 bits per heavy atom. The van der Waals surface area contributed by atoms with Crippen LogP contribution in [0.4, 0.5) is 0 Å². The zero-order valence-corrected chi connectivity index (χ0v) is 12.2. The molecular weight excluding hydrogens is 264 g/mol. The van der Waals surface area contributed by atoms with Crippen LogP contribution in [0, 0.1) is 0 Å². The second-order valence-corrected chi connectivity index (χ2v) is 5.01. The summed E-state index contributed by atoms with van der Waals surface area (Å²) < 4.78 is 2.04. The molecule has 0 aliphatic carbocycles. The van der Waals surface area contributed by atoms with Gasteiger partial charge in [0.05, 0.1) is 12.7 Å². The number of carbonyl (C=O) groups excluding carboxylic acids is 1. The van der Waals surface area contributed by atoms with E-state index >= 15 is 0 Å². The van der Waals surface area contributed by atoms with Crippen LogP contribution in [0.25, 0.3) is 0 Å². The molecule has 0 aliphatic heterocycles. The van der Waals surface area contributed by atoms with Crippen molar-refractivity contribution in [3.63, 3.8) is 0 Å². The number of aryl methyl sites for hydroxylation is 1. The van der Waals surface area contributed by atoms with Gasteiger partial charge in [-0.15, -0.1) is 0 Å².